The number of rotatable bonds is 10. The van der Waals surface area contributed by atoms with Gasteiger partial charge in [-0.2, -0.15) is 0 Å². The molecule has 2 aromatic rings. The number of hydrogen-bond acceptors (Lipinski definition) is 6. The van der Waals surface area contributed by atoms with E-state index in [9.17, 15) is 13.2 Å². The Balaban J connectivity index is 1.91. The third kappa shape index (κ3) is 6.10. The second-order valence-corrected chi connectivity index (χ2v) is 8.02. The molecule has 8 nitrogen and oxygen atoms in total. The van der Waals surface area contributed by atoms with Crippen LogP contribution in [-0.2, 0) is 21.4 Å². The van der Waals surface area contributed by atoms with Crippen LogP contribution >= 0.6 is 0 Å². The molecule has 1 amide bonds. The Morgan fingerprint density at radius 1 is 0.966 bits per heavy atom. The summed E-state index contributed by atoms with van der Waals surface area (Å²) in [6.45, 7) is 0.328. The number of carbonyl (C=O) groups excluding carboxylic acids is 1. The zero-order valence-electron chi connectivity index (χ0n) is 17.0. The number of methoxy groups -OCH3 is 3. The Kier molecular flexibility index (Phi) is 7.86. The van der Waals surface area contributed by atoms with E-state index in [0.29, 0.717) is 23.8 Å². The smallest absolute Gasteiger partial charge is 0.240 e. The Morgan fingerprint density at radius 3 is 2.17 bits per heavy atom. The molecular formula is C20H26N2O6S. The molecule has 29 heavy (non-hydrogen) atoms. The third-order valence-electron chi connectivity index (χ3n) is 4.33. The molecule has 0 spiro atoms. The van der Waals surface area contributed by atoms with Gasteiger partial charge in [0.15, 0.2) is 0 Å². The van der Waals surface area contributed by atoms with Crippen molar-refractivity contribution in [3.05, 3.63) is 48.0 Å². The van der Waals surface area contributed by atoms with Gasteiger partial charge in [-0.25, -0.2) is 13.1 Å². The van der Waals surface area contributed by atoms with E-state index in [0.717, 1.165) is 5.56 Å². The van der Waals surface area contributed by atoms with E-state index in [1.54, 1.807) is 45.5 Å². The minimum atomic E-state index is -3.69. The summed E-state index contributed by atoms with van der Waals surface area (Å²) in [5.74, 6) is 1.65. The molecule has 0 aliphatic rings. The molecule has 0 saturated heterocycles. The summed E-state index contributed by atoms with van der Waals surface area (Å²) < 4.78 is 42.6. The maximum atomic E-state index is 12.4. The van der Waals surface area contributed by atoms with Gasteiger partial charge in [0.05, 0.1) is 26.2 Å². The summed E-state index contributed by atoms with van der Waals surface area (Å²) in [5.41, 5.74) is 0.822. The average molecular weight is 423 g/mol. The largest absolute Gasteiger partial charge is 0.497 e. The molecule has 2 rings (SSSR count). The quantitative estimate of drug-likeness (QED) is 0.630. The van der Waals surface area contributed by atoms with Gasteiger partial charge >= 0.3 is 0 Å². The molecule has 0 unspecified atom stereocenters. The van der Waals surface area contributed by atoms with E-state index in [4.69, 9.17) is 14.2 Å². The molecule has 0 bridgehead atoms. The summed E-state index contributed by atoms with van der Waals surface area (Å²) in [4.78, 5) is 14.0. The lowest BCUT2D eigenvalue weighted by molar-refractivity contribution is -0.130. The minimum Gasteiger partial charge on any atom is -0.497 e. The van der Waals surface area contributed by atoms with Gasteiger partial charge in [-0.05, 0) is 36.4 Å². The van der Waals surface area contributed by atoms with E-state index >= 15 is 0 Å². The highest BCUT2D eigenvalue weighted by Crippen LogP contribution is 2.25. The van der Waals surface area contributed by atoms with Crippen molar-refractivity contribution in [1.29, 1.82) is 0 Å². The molecular weight excluding hydrogens is 396 g/mol. The highest BCUT2D eigenvalue weighted by atomic mass is 32.2. The van der Waals surface area contributed by atoms with Gasteiger partial charge in [-0.1, -0.05) is 0 Å². The van der Waals surface area contributed by atoms with Crippen LogP contribution in [-0.4, -0.2) is 54.1 Å². The fraction of sp³-hybridized carbons (Fsp3) is 0.350. The lowest BCUT2D eigenvalue weighted by Gasteiger charge is -2.19. The first-order valence-corrected chi connectivity index (χ1v) is 10.4. The number of nitrogens with zero attached hydrogens (tertiary/aromatic N) is 1. The normalized spacial score (nSPS) is 11.0. The molecule has 0 atom stereocenters. The topological polar surface area (TPSA) is 94.2 Å². The standard InChI is InChI=1S/C20H26N2O6S/c1-22(14-15-5-6-17(27-3)13-19(15)28-4)20(23)11-12-21-29(24,25)18-9-7-16(26-2)8-10-18/h5-10,13,21H,11-12,14H2,1-4H3. The van der Waals surface area contributed by atoms with Crippen molar-refractivity contribution in [2.45, 2.75) is 17.9 Å². The first kappa shape index (κ1) is 22.5. The van der Waals surface area contributed by atoms with E-state index in [1.165, 1.54) is 24.1 Å². The van der Waals surface area contributed by atoms with Gasteiger partial charge in [-0.15, -0.1) is 0 Å². The summed E-state index contributed by atoms with van der Waals surface area (Å²) >= 11 is 0. The lowest BCUT2D eigenvalue weighted by Crippen LogP contribution is -2.32. The van der Waals surface area contributed by atoms with Gasteiger partial charge in [0.2, 0.25) is 15.9 Å². The van der Waals surface area contributed by atoms with Crippen LogP contribution in [0.4, 0.5) is 0 Å². The zero-order valence-corrected chi connectivity index (χ0v) is 17.8. The Hall–Kier alpha value is -2.78. The molecule has 0 aromatic heterocycles. The summed E-state index contributed by atoms with van der Waals surface area (Å²) in [7, 11) is 2.58. The van der Waals surface area contributed by atoms with Crippen LogP contribution in [0.3, 0.4) is 0 Å². The van der Waals surface area contributed by atoms with Crippen LogP contribution in [0.5, 0.6) is 17.2 Å². The fourth-order valence-corrected chi connectivity index (χ4v) is 3.68. The summed E-state index contributed by atoms with van der Waals surface area (Å²) in [5, 5.41) is 0. The molecule has 0 fully saturated rings. The molecule has 9 heteroatoms. The van der Waals surface area contributed by atoms with Crippen LogP contribution in [0.25, 0.3) is 0 Å². The highest BCUT2D eigenvalue weighted by molar-refractivity contribution is 7.89. The maximum absolute atomic E-state index is 12.4. The second kappa shape index (κ2) is 10.1. The lowest BCUT2D eigenvalue weighted by atomic mass is 10.1. The van der Waals surface area contributed by atoms with Crippen molar-refractivity contribution in [1.82, 2.24) is 9.62 Å². The molecule has 0 aliphatic carbocycles. The van der Waals surface area contributed by atoms with Crippen LogP contribution < -0.4 is 18.9 Å². The molecule has 158 valence electrons. The number of benzene rings is 2. The number of nitrogens with one attached hydrogen (secondary N) is 1. The number of carbonyl (C=O) groups is 1. The van der Waals surface area contributed by atoms with Crippen LogP contribution in [0, 0.1) is 0 Å². The van der Waals surface area contributed by atoms with Crippen molar-refractivity contribution in [2.75, 3.05) is 34.9 Å². The number of hydrogen-bond donors (Lipinski definition) is 1. The number of ether oxygens (including phenoxy) is 3. The van der Waals surface area contributed by atoms with Crippen LogP contribution in [0.2, 0.25) is 0 Å². The van der Waals surface area contributed by atoms with Crippen molar-refractivity contribution in [3.8, 4) is 17.2 Å². The predicted octanol–water partition coefficient (Wildman–Crippen LogP) is 2.04. The van der Waals surface area contributed by atoms with Gasteiger partial charge in [0.25, 0.3) is 0 Å². The van der Waals surface area contributed by atoms with Gasteiger partial charge in [-0.3, -0.25) is 4.79 Å². The van der Waals surface area contributed by atoms with Crippen molar-refractivity contribution in [2.24, 2.45) is 0 Å². The predicted molar refractivity (Wildman–Crippen MR) is 109 cm³/mol. The molecule has 0 radical (unpaired) electrons. The minimum absolute atomic E-state index is 0.00270. The first-order chi connectivity index (χ1) is 13.8. The zero-order chi connectivity index (χ0) is 21.4. The van der Waals surface area contributed by atoms with Crippen molar-refractivity contribution >= 4 is 15.9 Å². The highest BCUT2D eigenvalue weighted by Gasteiger charge is 2.16. The molecule has 0 saturated carbocycles. The maximum Gasteiger partial charge on any atom is 0.240 e. The summed E-state index contributed by atoms with van der Waals surface area (Å²) in [6, 6.07) is 11.4. The Bertz CT molecular complexity index is 928. The number of amides is 1. The molecule has 1 N–H and O–H groups in total. The fourth-order valence-electron chi connectivity index (χ4n) is 2.65. The van der Waals surface area contributed by atoms with E-state index in [-0.39, 0.29) is 23.8 Å². The van der Waals surface area contributed by atoms with Crippen LogP contribution in [0.15, 0.2) is 47.4 Å². The van der Waals surface area contributed by atoms with Crippen molar-refractivity contribution < 1.29 is 27.4 Å². The molecule has 0 heterocycles. The second-order valence-electron chi connectivity index (χ2n) is 6.25. The first-order valence-electron chi connectivity index (χ1n) is 8.89. The van der Waals surface area contributed by atoms with Crippen LogP contribution in [0.1, 0.15) is 12.0 Å². The van der Waals surface area contributed by atoms with Gasteiger partial charge < -0.3 is 19.1 Å². The molecule has 0 aliphatic heterocycles. The average Bonchev–Trinajstić information content (AvgIpc) is 2.73. The van der Waals surface area contributed by atoms with E-state index < -0.39 is 10.0 Å². The SMILES string of the molecule is COc1ccc(S(=O)(=O)NCCC(=O)N(C)Cc2ccc(OC)cc2OC)cc1. The molecule has 2 aromatic carbocycles. The summed E-state index contributed by atoms with van der Waals surface area (Å²) in [6.07, 6.45) is 0.0321. The number of sulfonamides is 1. The Labute approximate surface area is 171 Å². The van der Waals surface area contributed by atoms with Gasteiger partial charge in [0, 0.05) is 38.2 Å². The van der Waals surface area contributed by atoms with Crippen molar-refractivity contribution in [3.63, 3.8) is 0 Å². The Morgan fingerprint density at radius 2 is 1.59 bits per heavy atom. The van der Waals surface area contributed by atoms with Gasteiger partial charge in [0.1, 0.15) is 17.2 Å². The third-order valence-corrected chi connectivity index (χ3v) is 5.81. The van der Waals surface area contributed by atoms with E-state index in [1.807, 2.05) is 6.07 Å². The monoisotopic (exact) mass is 422 g/mol. The van der Waals surface area contributed by atoms with E-state index in [2.05, 4.69) is 4.72 Å².